The molecular weight excluding hydrogens is 807 g/mol. The first-order chi connectivity index (χ1) is 30.2. The fraction of sp³-hybridized carbons (Fsp3) is 0.793. The minimum atomic E-state index is -0.686. The third-order valence-corrected chi connectivity index (χ3v) is 24.4. The van der Waals surface area contributed by atoms with E-state index in [2.05, 4.69) is 72.9 Å². The van der Waals surface area contributed by atoms with Gasteiger partial charge in [0.05, 0.1) is 10.8 Å². The minimum Gasteiger partial charge on any atom is -0.481 e. The van der Waals surface area contributed by atoms with Crippen LogP contribution in [-0.4, -0.2) is 33.7 Å². The second-order valence-corrected chi connectivity index (χ2v) is 27.7. The Labute approximate surface area is 391 Å². The number of ketones is 2. The SMILES string of the molecule is C[C@@]1(C(=O)O)CC[C@]2(C)CC[C@]3(C)C4=CC5C(=CN/C=C6\C(=O)CC[C@]7(C)CC8CC[C@@]9(C)C%10C[C@](C)(C(=O)O)CC[C@]%10(C)CC[C@]9(C)C8=CC67)C(=O)CC[C@]5(C)CC4CC[C@@]3(C)C2C1. The van der Waals surface area contributed by atoms with E-state index in [9.17, 15) is 29.4 Å². The van der Waals surface area contributed by atoms with Crippen molar-refractivity contribution in [2.24, 2.45) is 89.7 Å². The van der Waals surface area contributed by atoms with E-state index in [4.69, 9.17) is 0 Å². The zero-order valence-electron chi connectivity index (χ0n) is 41.9. The van der Waals surface area contributed by atoms with Crippen LogP contribution in [0.2, 0.25) is 0 Å². The second kappa shape index (κ2) is 14.3. The first-order valence-electron chi connectivity index (χ1n) is 26.4. The van der Waals surface area contributed by atoms with Crippen molar-refractivity contribution in [1.29, 1.82) is 0 Å². The Balaban J connectivity index is 0.976. The summed E-state index contributed by atoms with van der Waals surface area (Å²) in [5, 5.41) is 24.4. The highest BCUT2D eigenvalue weighted by atomic mass is 16.4. The summed E-state index contributed by atoms with van der Waals surface area (Å²) < 4.78 is 0. The Bertz CT molecular complexity index is 2100. The number of carboxylic acids is 2. The van der Waals surface area contributed by atoms with Crippen molar-refractivity contribution >= 4 is 23.5 Å². The van der Waals surface area contributed by atoms with Gasteiger partial charge in [0.25, 0.3) is 0 Å². The smallest absolute Gasteiger partial charge is 0.309 e. The summed E-state index contributed by atoms with van der Waals surface area (Å²) in [4.78, 5) is 53.8. The van der Waals surface area contributed by atoms with Gasteiger partial charge in [-0.1, -0.05) is 78.7 Å². The summed E-state index contributed by atoms with van der Waals surface area (Å²) in [5.41, 5.74) is 3.52. The van der Waals surface area contributed by atoms with Gasteiger partial charge in [0, 0.05) is 48.2 Å². The first-order valence-corrected chi connectivity index (χ1v) is 26.4. The van der Waals surface area contributed by atoms with Crippen molar-refractivity contribution in [1.82, 2.24) is 5.32 Å². The maximum atomic E-state index is 14.2. The first kappa shape index (κ1) is 45.8. The number of carbonyl (C=O) groups is 4. The van der Waals surface area contributed by atoms with Gasteiger partial charge in [-0.05, 0) is 196 Å². The van der Waals surface area contributed by atoms with Crippen molar-refractivity contribution in [3.05, 3.63) is 46.8 Å². The fourth-order valence-corrected chi connectivity index (χ4v) is 19.1. The molecule has 0 bridgehead atoms. The van der Waals surface area contributed by atoms with Crippen LogP contribution in [0.25, 0.3) is 0 Å². The molecule has 3 N–H and O–H groups in total. The Morgan fingerprint density at radius 1 is 0.508 bits per heavy atom. The van der Waals surface area contributed by atoms with Gasteiger partial charge >= 0.3 is 11.9 Å². The summed E-state index contributed by atoms with van der Waals surface area (Å²) in [6.07, 6.45) is 28.1. The molecule has 0 saturated heterocycles. The molecule has 0 spiro atoms. The monoisotopic (exact) mass is 890 g/mol. The molecule has 8 fully saturated rings. The molecule has 8 saturated carbocycles. The summed E-state index contributed by atoms with van der Waals surface area (Å²) in [7, 11) is 0. The van der Waals surface area contributed by atoms with Crippen LogP contribution < -0.4 is 5.32 Å². The number of nitrogens with one attached hydrogen (secondary N) is 1. The number of fused-ring (bicyclic) bond motifs is 12. The van der Waals surface area contributed by atoms with Crippen LogP contribution in [0.15, 0.2) is 46.8 Å². The molecule has 0 radical (unpaired) electrons. The van der Waals surface area contributed by atoms with E-state index in [1.165, 1.54) is 11.1 Å². The summed E-state index contributed by atoms with van der Waals surface area (Å²) in [6.45, 7) is 23.8. The molecule has 16 atom stereocenters. The molecule has 10 aliphatic carbocycles. The normalized spacial score (nSPS) is 53.6. The highest BCUT2D eigenvalue weighted by Gasteiger charge is 2.68. The van der Waals surface area contributed by atoms with E-state index in [0.717, 1.165) is 127 Å². The second-order valence-electron chi connectivity index (χ2n) is 27.7. The molecule has 6 unspecified atom stereocenters. The third-order valence-electron chi connectivity index (χ3n) is 24.4. The van der Waals surface area contributed by atoms with E-state index >= 15 is 0 Å². The van der Waals surface area contributed by atoms with Crippen LogP contribution in [-0.2, 0) is 19.2 Å². The van der Waals surface area contributed by atoms with Gasteiger partial charge in [0.15, 0.2) is 11.6 Å². The van der Waals surface area contributed by atoms with Crippen molar-refractivity contribution in [2.45, 2.75) is 198 Å². The largest absolute Gasteiger partial charge is 0.481 e. The predicted molar refractivity (Wildman–Crippen MR) is 255 cm³/mol. The van der Waals surface area contributed by atoms with Gasteiger partial charge in [-0.2, -0.15) is 0 Å². The third kappa shape index (κ3) is 6.21. The number of hydrogen-bond donors (Lipinski definition) is 3. The average Bonchev–Trinajstić information content (AvgIpc) is 3.24. The van der Waals surface area contributed by atoms with Crippen molar-refractivity contribution in [3.8, 4) is 0 Å². The van der Waals surface area contributed by atoms with E-state index in [1.807, 2.05) is 26.2 Å². The number of carboxylic acid groups (broad SMARTS) is 2. The fourth-order valence-electron chi connectivity index (χ4n) is 19.1. The number of rotatable bonds is 4. The maximum Gasteiger partial charge on any atom is 0.309 e. The van der Waals surface area contributed by atoms with Gasteiger partial charge in [0.1, 0.15) is 0 Å². The van der Waals surface area contributed by atoms with Gasteiger partial charge in [-0.3, -0.25) is 19.2 Å². The molecule has 7 heteroatoms. The molecule has 0 amide bonds. The summed E-state index contributed by atoms with van der Waals surface area (Å²) >= 11 is 0. The topological polar surface area (TPSA) is 121 Å². The lowest BCUT2D eigenvalue weighted by Gasteiger charge is -2.69. The van der Waals surface area contributed by atoms with E-state index in [0.29, 0.717) is 36.5 Å². The molecule has 65 heavy (non-hydrogen) atoms. The van der Waals surface area contributed by atoms with E-state index < -0.39 is 22.8 Å². The molecule has 10 aliphatic rings. The molecule has 10 rings (SSSR count). The maximum absolute atomic E-state index is 14.2. The lowest BCUT2D eigenvalue weighted by Crippen LogP contribution is -2.61. The van der Waals surface area contributed by atoms with Gasteiger partial charge in [0.2, 0.25) is 0 Å². The Morgan fingerprint density at radius 2 is 0.877 bits per heavy atom. The summed E-state index contributed by atoms with van der Waals surface area (Å²) in [5.74, 6) is 0.757. The van der Waals surface area contributed by atoms with Gasteiger partial charge in [-0.15, -0.1) is 0 Å². The molecule has 0 aromatic heterocycles. The molecule has 0 aromatic carbocycles. The van der Waals surface area contributed by atoms with E-state index in [1.54, 1.807) is 0 Å². The Hall–Kier alpha value is -2.96. The quantitative estimate of drug-likeness (QED) is 0.190. The van der Waals surface area contributed by atoms with Gasteiger partial charge in [-0.25, -0.2) is 0 Å². The molecular formula is C58H83NO6. The standard InChI is InChI=1S/C58H83NO6/c1-49-19-21-53(5,47(62)63)31-45(49)57(9)17-11-35-29-51(3)15-13-43(60)37(41(51)27-39(35)55(57,7)25-23-49)33-59-34-38-42-28-40-36(30-52(42,4)16-14-44(38)61)12-18-58(10)46-32-54(6,48(64)65)22-20-50(46,2)24-26-56(40,58)8/h27-28,33-36,41-42,45-46,59H,11-26,29-32H2,1-10H3,(H,62,63)(H,64,65)/b37-33-,38-34?/t35?,36?,41?,42?,45?,46?,49-,50-,51-,52-,53-,54-,55-,56-,57+,58+/m1/s1. The number of aliphatic carboxylic acids is 2. The number of Topliss-reactive ketones (excluding diaryl/α,β-unsaturated/α-hetero) is 2. The Kier molecular flexibility index (Phi) is 10.1. The van der Waals surface area contributed by atoms with Crippen LogP contribution in [0, 0.1) is 89.7 Å². The predicted octanol–water partition coefficient (Wildman–Crippen LogP) is 13.2. The molecule has 0 aliphatic heterocycles. The van der Waals surface area contributed by atoms with Crippen LogP contribution in [0.1, 0.15) is 198 Å². The van der Waals surface area contributed by atoms with Crippen molar-refractivity contribution in [3.63, 3.8) is 0 Å². The number of allylic oxidation sites excluding steroid dienone is 6. The lowest BCUT2D eigenvalue weighted by atomic mass is 9.35. The number of hydrogen-bond acceptors (Lipinski definition) is 5. The Morgan fingerprint density at radius 3 is 1.25 bits per heavy atom. The average molecular weight is 890 g/mol. The van der Waals surface area contributed by atoms with Crippen LogP contribution >= 0.6 is 0 Å². The molecule has 7 nitrogen and oxygen atoms in total. The van der Waals surface area contributed by atoms with Crippen molar-refractivity contribution in [2.75, 3.05) is 0 Å². The van der Waals surface area contributed by atoms with Crippen molar-refractivity contribution < 1.29 is 29.4 Å². The molecule has 356 valence electrons. The van der Waals surface area contributed by atoms with E-state index in [-0.39, 0.29) is 66.7 Å². The number of carbonyl (C=O) groups excluding carboxylic acids is 2. The zero-order chi connectivity index (χ0) is 46.8. The zero-order valence-corrected chi connectivity index (χ0v) is 41.9. The van der Waals surface area contributed by atoms with Gasteiger partial charge < -0.3 is 15.5 Å². The highest BCUT2D eigenvalue weighted by Crippen LogP contribution is 2.76. The minimum absolute atomic E-state index is 0.00599. The van der Waals surface area contributed by atoms with Crippen LogP contribution in [0.5, 0.6) is 0 Å². The lowest BCUT2D eigenvalue weighted by molar-refractivity contribution is -0.178. The molecule has 0 heterocycles. The highest BCUT2D eigenvalue weighted by molar-refractivity contribution is 5.98. The van der Waals surface area contributed by atoms with Crippen LogP contribution in [0.3, 0.4) is 0 Å². The summed E-state index contributed by atoms with van der Waals surface area (Å²) in [6, 6.07) is 0. The molecule has 0 aromatic rings. The van der Waals surface area contributed by atoms with Crippen LogP contribution in [0.4, 0.5) is 0 Å².